The van der Waals surface area contributed by atoms with Crippen LogP contribution in [0, 0.1) is 18.3 Å². The number of aromatic nitrogens is 2. The van der Waals surface area contributed by atoms with Crippen LogP contribution < -0.4 is 10.9 Å². The van der Waals surface area contributed by atoms with Gasteiger partial charge in [-0.2, -0.15) is 5.10 Å². The lowest BCUT2D eigenvalue weighted by Crippen LogP contribution is -2.34. The minimum absolute atomic E-state index is 0.135. The summed E-state index contributed by atoms with van der Waals surface area (Å²) < 4.78 is 6.57. The highest BCUT2D eigenvalue weighted by Gasteiger charge is 2.22. The molecule has 2 heterocycles. The van der Waals surface area contributed by atoms with Crippen LogP contribution in [-0.4, -0.2) is 29.0 Å². The average molecular weight is 296 g/mol. The lowest BCUT2D eigenvalue weighted by Gasteiger charge is -2.29. The summed E-state index contributed by atoms with van der Waals surface area (Å²) in [7, 11) is 0. The second-order valence-corrected chi connectivity index (χ2v) is 5.32. The van der Waals surface area contributed by atoms with Crippen molar-refractivity contribution in [2.75, 3.05) is 18.5 Å². The highest BCUT2D eigenvalue weighted by atomic mass is 35.5. The maximum atomic E-state index is 12.2. The number of halogens is 1. The van der Waals surface area contributed by atoms with Crippen LogP contribution in [0.3, 0.4) is 0 Å². The van der Waals surface area contributed by atoms with E-state index in [1.165, 1.54) is 10.9 Å². The number of hydrogen-bond acceptors (Lipinski definition) is 4. The minimum Gasteiger partial charge on any atom is -0.381 e. The normalized spacial score (nSPS) is 17.4. The number of nitrogens with one attached hydrogen (secondary N) is 1. The standard InChI is InChI=1S/C14H18ClN3O2/c1-3-6-18-14(19)13(12(15)9-16-18)17-10(2)11-4-7-20-8-5-11/h1,9-11,17H,4-8H2,2H3. The Balaban J connectivity index is 2.17. The number of anilines is 1. The fourth-order valence-corrected chi connectivity index (χ4v) is 2.54. The van der Waals surface area contributed by atoms with E-state index in [0.29, 0.717) is 16.6 Å². The van der Waals surface area contributed by atoms with E-state index in [-0.39, 0.29) is 18.1 Å². The Labute approximate surface area is 123 Å². The molecule has 1 aromatic heterocycles. The van der Waals surface area contributed by atoms with Gasteiger partial charge in [0.1, 0.15) is 12.2 Å². The van der Waals surface area contributed by atoms with Gasteiger partial charge in [0.25, 0.3) is 5.56 Å². The predicted octanol–water partition coefficient (Wildman–Crippen LogP) is 1.76. The third-order valence-corrected chi connectivity index (χ3v) is 3.87. The van der Waals surface area contributed by atoms with Gasteiger partial charge in [-0.05, 0) is 25.7 Å². The van der Waals surface area contributed by atoms with Gasteiger partial charge < -0.3 is 10.1 Å². The molecule has 0 aliphatic carbocycles. The SMILES string of the molecule is C#CCn1ncc(Cl)c(NC(C)C2CCOCC2)c1=O. The van der Waals surface area contributed by atoms with Crippen LogP contribution in [0.1, 0.15) is 19.8 Å². The van der Waals surface area contributed by atoms with Gasteiger partial charge >= 0.3 is 0 Å². The molecule has 0 saturated carbocycles. The largest absolute Gasteiger partial charge is 0.381 e. The molecule has 108 valence electrons. The molecule has 2 rings (SSSR count). The zero-order chi connectivity index (χ0) is 14.5. The van der Waals surface area contributed by atoms with Crippen molar-refractivity contribution in [1.29, 1.82) is 0 Å². The summed E-state index contributed by atoms with van der Waals surface area (Å²) >= 11 is 6.07. The van der Waals surface area contributed by atoms with E-state index in [2.05, 4.69) is 23.3 Å². The van der Waals surface area contributed by atoms with Crippen LogP contribution in [0.25, 0.3) is 0 Å². The van der Waals surface area contributed by atoms with Crippen molar-refractivity contribution in [3.05, 3.63) is 21.6 Å². The van der Waals surface area contributed by atoms with E-state index in [4.69, 9.17) is 22.8 Å². The van der Waals surface area contributed by atoms with E-state index in [1.807, 2.05) is 0 Å². The fourth-order valence-electron chi connectivity index (χ4n) is 2.36. The Kier molecular flexibility index (Phi) is 5.05. The number of nitrogens with zero attached hydrogens (tertiary/aromatic N) is 2. The molecule has 6 heteroatoms. The van der Waals surface area contributed by atoms with Gasteiger partial charge in [0.15, 0.2) is 0 Å². The lowest BCUT2D eigenvalue weighted by molar-refractivity contribution is 0.0622. The maximum Gasteiger partial charge on any atom is 0.292 e. The van der Waals surface area contributed by atoms with Crippen molar-refractivity contribution in [1.82, 2.24) is 9.78 Å². The molecule has 1 atom stereocenters. The Morgan fingerprint density at radius 2 is 2.35 bits per heavy atom. The third kappa shape index (κ3) is 3.33. The van der Waals surface area contributed by atoms with E-state index in [1.54, 1.807) is 0 Å². The molecule has 20 heavy (non-hydrogen) atoms. The number of terminal acetylenes is 1. The molecule has 0 bridgehead atoms. The van der Waals surface area contributed by atoms with Gasteiger partial charge in [0.05, 0.1) is 11.2 Å². The van der Waals surface area contributed by atoms with Crippen LogP contribution in [0.4, 0.5) is 5.69 Å². The first-order valence-corrected chi connectivity index (χ1v) is 7.04. The second-order valence-electron chi connectivity index (χ2n) is 4.92. The van der Waals surface area contributed by atoms with Crippen molar-refractivity contribution >= 4 is 17.3 Å². The topological polar surface area (TPSA) is 56.1 Å². The molecule has 1 aromatic rings. The van der Waals surface area contributed by atoms with Gasteiger partial charge in [-0.25, -0.2) is 4.68 Å². The Hall–Kier alpha value is -1.51. The number of ether oxygens (including phenoxy) is 1. The molecule has 0 amide bonds. The molecule has 1 fully saturated rings. The Morgan fingerprint density at radius 3 is 3.00 bits per heavy atom. The zero-order valence-electron chi connectivity index (χ0n) is 11.4. The lowest BCUT2D eigenvalue weighted by atomic mass is 9.93. The first-order chi connectivity index (χ1) is 9.63. The van der Waals surface area contributed by atoms with Crippen LogP contribution >= 0.6 is 11.6 Å². The van der Waals surface area contributed by atoms with Crippen molar-refractivity contribution in [2.45, 2.75) is 32.4 Å². The monoisotopic (exact) mass is 295 g/mol. The van der Waals surface area contributed by atoms with Gasteiger partial charge in [-0.3, -0.25) is 4.79 Å². The van der Waals surface area contributed by atoms with E-state index < -0.39 is 0 Å². The van der Waals surface area contributed by atoms with Gasteiger partial charge in [0, 0.05) is 19.3 Å². The molecular formula is C14H18ClN3O2. The van der Waals surface area contributed by atoms with Crippen LogP contribution in [0.2, 0.25) is 5.02 Å². The summed E-state index contributed by atoms with van der Waals surface area (Å²) in [4.78, 5) is 12.2. The van der Waals surface area contributed by atoms with Gasteiger partial charge in [-0.15, -0.1) is 6.42 Å². The molecule has 1 aliphatic heterocycles. The molecule has 0 spiro atoms. The van der Waals surface area contributed by atoms with E-state index >= 15 is 0 Å². The summed E-state index contributed by atoms with van der Waals surface area (Å²) in [6.45, 7) is 3.72. The maximum absolute atomic E-state index is 12.2. The van der Waals surface area contributed by atoms with Crippen molar-refractivity contribution in [3.63, 3.8) is 0 Å². The van der Waals surface area contributed by atoms with Crippen molar-refractivity contribution < 1.29 is 4.74 Å². The Bertz CT molecular complexity index is 559. The predicted molar refractivity (Wildman–Crippen MR) is 79.0 cm³/mol. The van der Waals surface area contributed by atoms with Crippen molar-refractivity contribution in [3.8, 4) is 12.3 Å². The van der Waals surface area contributed by atoms with E-state index in [9.17, 15) is 4.79 Å². The summed E-state index contributed by atoms with van der Waals surface area (Å²) in [5.41, 5.74) is 0.0882. The molecular weight excluding hydrogens is 278 g/mol. The van der Waals surface area contributed by atoms with Gasteiger partial charge in [0.2, 0.25) is 0 Å². The first kappa shape index (κ1) is 14.9. The van der Waals surface area contributed by atoms with Crippen LogP contribution in [-0.2, 0) is 11.3 Å². The molecule has 1 saturated heterocycles. The molecule has 5 nitrogen and oxygen atoms in total. The quantitative estimate of drug-likeness (QED) is 0.860. The highest BCUT2D eigenvalue weighted by Crippen LogP contribution is 2.23. The van der Waals surface area contributed by atoms with E-state index in [0.717, 1.165) is 26.1 Å². The first-order valence-electron chi connectivity index (χ1n) is 6.67. The second kappa shape index (κ2) is 6.78. The van der Waals surface area contributed by atoms with Crippen LogP contribution in [0.5, 0.6) is 0 Å². The summed E-state index contributed by atoms with van der Waals surface area (Å²) in [5.74, 6) is 2.87. The van der Waals surface area contributed by atoms with Crippen LogP contribution in [0.15, 0.2) is 11.0 Å². The fraction of sp³-hybridized carbons (Fsp3) is 0.571. The molecule has 1 N–H and O–H groups in total. The average Bonchev–Trinajstić information content (AvgIpc) is 2.47. The molecule has 1 unspecified atom stereocenters. The Morgan fingerprint density at radius 1 is 1.65 bits per heavy atom. The summed E-state index contributed by atoms with van der Waals surface area (Å²) in [6.07, 6.45) is 8.63. The third-order valence-electron chi connectivity index (χ3n) is 3.58. The summed E-state index contributed by atoms with van der Waals surface area (Å²) in [5, 5.41) is 7.46. The molecule has 1 aliphatic rings. The molecule has 0 radical (unpaired) electrons. The zero-order valence-corrected chi connectivity index (χ0v) is 12.2. The smallest absolute Gasteiger partial charge is 0.292 e. The van der Waals surface area contributed by atoms with Crippen molar-refractivity contribution in [2.24, 2.45) is 5.92 Å². The summed E-state index contributed by atoms with van der Waals surface area (Å²) in [6, 6.07) is 0.144. The molecule has 0 aromatic carbocycles. The number of rotatable bonds is 4. The van der Waals surface area contributed by atoms with Gasteiger partial charge in [-0.1, -0.05) is 17.5 Å². The highest BCUT2D eigenvalue weighted by molar-refractivity contribution is 6.33. The number of hydrogen-bond donors (Lipinski definition) is 1. The minimum atomic E-state index is -0.283.